The van der Waals surface area contributed by atoms with Crippen LogP contribution in [0.1, 0.15) is 80.3 Å². The van der Waals surface area contributed by atoms with Crippen molar-refractivity contribution in [1.82, 2.24) is 14.5 Å². The zero-order valence-electron chi connectivity index (χ0n) is 33.0. The van der Waals surface area contributed by atoms with Crippen LogP contribution in [0.4, 0.5) is 5.69 Å². The van der Waals surface area contributed by atoms with Crippen LogP contribution in [-0.4, -0.2) is 113 Å². The van der Waals surface area contributed by atoms with Gasteiger partial charge in [0.25, 0.3) is 5.91 Å². The molecule has 4 heterocycles. The molecule has 2 saturated heterocycles. The average Bonchev–Trinajstić information content (AvgIpc) is 3.32. The number of halogens is 1. The second kappa shape index (κ2) is 15.9. The van der Waals surface area contributed by atoms with Crippen LogP contribution in [0.15, 0.2) is 48.6 Å². The minimum Gasteiger partial charge on any atom is -0.490 e. The van der Waals surface area contributed by atoms with E-state index in [1.807, 2.05) is 32.2 Å². The first-order chi connectivity index (χ1) is 26.9. The van der Waals surface area contributed by atoms with Crippen LogP contribution in [0, 0.1) is 17.8 Å². The number of aryl methyl sites for hydroxylation is 1. The number of fused-ring (bicyclic) bond motifs is 4. The van der Waals surface area contributed by atoms with Gasteiger partial charge in [0.2, 0.25) is 10.0 Å². The number of rotatable bonds is 4. The van der Waals surface area contributed by atoms with E-state index in [0.29, 0.717) is 49.8 Å². The number of nitrogens with zero attached hydrogens (tertiary/aromatic N) is 3. The molecule has 7 atom stereocenters. The molecule has 1 amide bonds. The Labute approximate surface area is 337 Å². The third-order valence-electron chi connectivity index (χ3n) is 14.1. The van der Waals surface area contributed by atoms with Gasteiger partial charge >= 0.3 is 5.97 Å². The fourth-order valence-corrected chi connectivity index (χ4v) is 11.9. The van der Waals surface area contributed by atoms with E-state index < -0.39 is 26.8 Å². The van der Waals surface area contributed by atoms with Gasteiger partial charge in [0, 0.05) is 75.0 Å². The summed E-state index contributed by atoms with van der Waals surface area (Å²) in [6, 6.07) is 11.8. The highest BCUT2D eigenvalue weighted by molar-refractivity contribution is 7.90. The number of methoxy groups -OCH3 is 1. The number of cyclic esters (lactones) is 1. The Morgan fingerprint density at radius 2 is 1.84 bits per heavy atom. The number of allylic oxidation sites excluding steroid dienone is 1. The summed E-state index contributed by atoms with van der Waals surface area (Å²) in [4.78, 5) is 33.1. The fourth-order valence-electron chi connectivity index (χ4n) is 10.4. The first-order valence-corrected chi connectivity index (χ1v) is 22.5. The topological polar surface area (TPSA) is 118 Å². The minimum atomic E-state index is -3.98. The summed E-state index contributed by atoms with van der Waals surface area (Å²) >= 11 is 6.51. The number of piperazine rings is 1. The average molecular weight is 809 g/mol. The maximum Gasteiger partial charge on any atom is 0.307 e. The minimum absolute atomic E-state index is 0.106. The van der Waals surface area contributed by atoms with Crippen molar-refractivity contribution in [3.63, 3.8) is 0 Å². The van der Waals surface area contributed by atoms with Crippen LogP contribution in [0.25, 0.3) is 0 Å². The number of benzene rings is 2. The highest BCUT2D eigenvalue weighted by Crippen LogP contribution is 2.49. The molecule has 13 heteroatoms. The molecule has 2 aromatic rings. The van der Waals surface area contributed by atoms with Gasteiger partial charge in [0.1, 0.15) is 11.4 Å². The number of nitrogens with one attached hydrogen (secondary N) is 1. The van der Waals surface area contributed by atoms with Crippen molar-refractivity contribution in [2.24, 2.45) is 17.8 Å². The fraction of sp³-hybridized carbons (Fsp3) is 0.628. The van der Waals surface area contributed by atoms with Crippen molar-refractivity contribution in [2.75, 3.05) is 71.0 Å². The lowest BCUT2D eigenvalue weighted by Gasteiger charge is -2.52. The summed E-state index contributed by atoms with van der Waals surface area (Å²) in [7, 11) is -2.15. The number of hydrogen-bond acceptors (Lipinski definition) is 10. The van der Waals surface area contributed by atoms with E-state index >= 15 is 0 Å². The van der Waals surface area contributed by atoms with E-state index in [1.165, 1.54) is 11.1 Å². The second-order valence-electron chi connectivity index (χ2n) is 17.4. The molecule has 0 unspecified atom stereocenters. The zero-order chi connectivity index (χ0) is 39.2. The molecular formula is C43H57ClN4O7S. The summed E-state index contributed by atoms with van der Waals surface area (Å²) in [6.45, 7) is 10.3. The number of ether oxygens (including phenoxy) is 3. The quantitative estimate of drug-likeness (QED) is 0.310. The van der Waals surface area contributed by atoms with Crippen molar-refractivity contribution < 1.29 is 32.2 Å². The molecular weight excluding hydrogens is 752 g/mol. The molecule has 3 fully saturated rings. The zero-order valence-corrected chi connectivity index (χ0v) is 34.6. The van der Waals surface area contributed by atoms with E-state index in [4.69, 9.17) is 25.8 Å². The number of hydrogen-bond donors (Lipinski definition) is 1. The molecule has 11 nitrogen and oxygen atoms in total. The van der Waals surface area contributed by atoms with Gasteiger partial charge in [-0.2, -0.15) is 0 Å². The van der Waals surface area contributed by atoms with Crippen LogP contribution in [-0.2, 0) is 36.1 Å². The maximum absolute atomic E-state index is 13.7. The Hall–Kier alpha value is -3.16. The number of esters is 1. The van der Waals surface area contributed by atoms with Crippen LogP contribution < -0.4 is 14.4 Å². The Bertz CT molecular complexity index is 1950. The van der Waals surface area contributed by atoms with Gasteiger partial charge in [-0.15, -0.1) is 0 Å². The van der Waals surface area contributed by atoms with Crippen LogP contribution in [0.5, 0.6) is 5.75 Å². The Morgan fingerprint density at radius 3 is 2.59 bits per heavy atom. The first-order valence-electron chi connectivity index (χ1n) is 20.6. The highest BCUT2D eigenvalue weighted by atomic mass is 35.5. The molecule has 8 rings (SSSR count). The standard InChI is InChI=1S/C43H57ClN4O7S/c1-29-6-4-16-43(53-3,27-46-17-19-47(20-18-46)35-14-21-54-40(49)24-35)37-11-8-33(37)25-48-26-42(15-5-7-31-22-34(44)10-12-36(31)42)28-55-39-13-9-32(23-38(39)48)41(50)45-56(51,52)30(29)2/h4,9-10,12-13,16,22-23,29-30,33,35,37H,5-8,11,14-15,17-21,24-28H2,1-3H3,(H,45,50)/b16-4-/t29-,30+,33-,35-,37+,42-,43+/m0/s1. The summed E-state index contributed by atoms with van der Waals surface area (Å²) in [6.07, 6.45) is 11.2. The normalized spacial score (nSPS) is 34.5. The van der Waals surface area contributed by atoms with Crippen molar-refractivity contribution in [3.05, 3.63) is 70.3 Å². The molecule has 304 valence electrons. The van der Waals surface area contributed by atoms with E-state index in [9.17, 15) is 18.0 Å². The molecule has 1 saturated carbocycles. The Kier molecular flexibility index (Phi) is 11.2. The monoisotopic (exact) mass is 808 g/mol. The molecule has 1 spiro atoms. The Morgan fingerprint density at radius 1 is 1.02 bits per heavy atom. The van der Waals surface area contributed by atoms with Gasteiger partial charge < -0.3 is 19.1 Å². The van der Waals surface area contributed by atoms with Crippen molar-refractivity contribution in [3.8, 4) is 5.75 Å². The molecule has 56 heavy (non-hydrogen) atoms. The summed E-state index contributed by atoms with van der Waals surface area (Å²) in [5, 5.41) is -0.0673. The summed E-state index contributed by atoms with van der Waals surface area (Å²) in [5.41, 5.74) is 2.75. The van der Waals surface area contributed by atoms with Gasteiger partial charge in [0.15, 0.2) is 0 Å². The van der Waals surface area contributed by atoms with Crippen LogP contribution in [0.2, 0.25) is 5.02 Å². The summed E-state index contributed by atoms with van der Waals surface area (Å²) < 4.78 is 48.3. The van der Waals surface area contributed by atoms with Crippen molar-refractivity contribution in [1.29, 1.82) is 0 Å². The highest BCUT2D eigenvalue weighted by Gasteiger charge is 2.50. The summed E-state index contributed by atoms with van der Waals surface area (Å²) in [5.74, 6) is 0.227. The number of carbonyl (C=O) groups excluding carboxylic acids is 2. The molecule has 1 N–H and O–H groups in total. The largest absolute Gasteiger partial charge is 0.490 e. The van der Waals surface area contributed by atoms with Crippen molar-refractivity contribution >= 4 is 39.2 Å². The maximum atomic E-state index is 13.7. The van der Waals surface area contributed by atoms with Gasteiger partial charge in [-0.1, -0.05) is 36.7 Å². The van der Waals surface area contributed by atoms with Gasteiger partial charge in [0.05, 0.1) is 30.6 Å². The SMILES string of the molecule is CO[C@@]1(CN2CCN([C@H]3CCOC(=O)C3)CC2)/C=C\C[C@H](C)[C@@H](C)S(=O)(=O)NC(=O)c2ccc3c(c2)N(C[C@@H]2CC[C@H]21)C[C@@]1(CCCc2cc(Cl)ccc21)CO3. The van der Waals surface area contributed by atoms with E-state index in [2.05, 4.69) is 43.7 Å². The van der Waals surface area contributed by atoms with Gasteiger partial charge in [-0.25, -0.2) is 13.1 Å². The lowest BCUT2D eigenvalue weighted by molar-refractivity contribution is -0.150. The number of sulfonamides is 1. The van der Waals surface area contributed by atoms with E-state index in [0.717, 1.165) is 88.5 Å². The number of amides is 1. The third-order valence-corrected chi connectivity index (χ3v) is 16.3. The Balaban J connectivity index is 1.14. The molecule has 6 aliphatic rings. The molecule has 4 aliphatic heterocycles. The van der Waals surface area contributed by atoms with Crippen molar-refractivity contribution in [2.45, 2.75) is 87.5 Å². The lowest BCUT2D eigenvalue weighted by atomic mass is 9.63. The van der Waals surface area contributed by atoms with Crippen LogP contribution in [0.3, 0.4) is 0 Å². The molecule has 0 radical (unpaired) electrons. The van der Waals surface area contributed by atoms with Crippen LogP contribution >= 0.6 is 11.6 Å². The second-order valence-corrected chi connectivity index (χ2v) is 19.8. The van der Waals surface area contributed by atoms with E-state index in [-0.39, 0.29) is 29.3 Å². The molecule has 2 bridgehead atoms. The van der Waals surface area contributed by atoms with E-state index in [1.54, 1.807) is 13.0 Å². The molecule has 2 aromatic carbocycles. The lowest BCUT2D eigenvalue weighted by Crippen LogP contribution is -2.60. The predicted molar refractivity (Wildman–Crippen MR) is 217 cm³/mol. The van der Waals surface area contributed by atoms with Gasteiger partial charge in [-0.3, -0.25) is 19.4 Å². The first kappa shape index (κ1) is 39.7. The molecule has 0 aromatic heterocycles. The van der Waals surface area contributed by atoms with Gasteiger partial charge in [-0.05, 0) is 111 Å². The predicted octanol–water partition coefficient (Wildman–Crippen LogP) is 5.59. The third kappa shape index (κ3) is 7.73. The molecule has 2 aliphatic carbocycles. The smallest absolute Gasteiger partial charge is 0.307 e. The number of anilines is 1. The number of carbonyl (C=O) groups is 2.